The second-order valence-electron chi connectivity index (χ2n) is 5.26. The second-order valence-corrected chi connectivity index (χ2v) is 5.26. The van der Waals surface area contributed by atoms with E-state index in [-0.39, 0.29) is 18.2 Å². The molecule has 0 aromatic heterocycles. The van der Waals surface area contributed by atoms with E-state index in [2.05, 4.69) is 0 Å². The number of aliphatic hydroxyl groups is 1. The molecule has 1 fully saturated rings. The first-order valence-corrected chi connectivity index (χ1v) is 6.73. The molecule has 1 aliphatic rings. The third-order valence-corrected chi connectivity index (χ3v) is 3.57. The van der Waals surface area contributed by atoms with E-state index in [0.717, 1.165) is 5.56 Å². The molecule has 4 nitrogen and oxygen atoms in total. The standard InChI is InChI=1S/C15H21NO3/c1-11-3-5-13(6-4-11)10-19-15(18)16-8-7-14(17)9-12(16)2/h3-6,12,14,17H,7-10H2,1-2H3. The summed E-state index contributed by atoms with van der Waals surface area (Å²) in [6.07, 6.45) is 0.667. The Kier molecular flexibility index (Phi) is 4.43. The van der Waals surface area contributed by atoms with Crippen LogP contribution in [0.5, 0.6) is 0 Å². The van der Waals surface area contributed by atoms with Gasteiger partial charge >= 0.3 is 6.09 Å². The van der Waals surface area contributed by atoms with Gasteiger partial charge in [-0.25, -0.2) is 4.79 Å². The number of benzene rings is 1. The van der Waals surface area contributed by atoms with Crippen molar-refractivity contribution in [2.45, 2.75) is 45.4 Å². The number of amides is 1. The van der Waals surface area contributed by atoms with Crippen molar-refractivity contribution in [2.75, 3.05) is 6.54 Å². The number of hydrogen-bond acceptors (Lipinski definition) is 3. The third-order valence-electron chi connectivity index (χ3n) is 3.57. The third kappa shape index (κ3) is 3.70. The zero-order valence-electron chi connectivity index (χ0n) is 11.5. The van der Waals surface area contributed by atoms with Crippen LogP contribution in [0.3, 0.4) is 0 Å². The number of nitrogens with zero attached hydrogens (tertiary/aromatic N) is 1. The lowest BCUT2D eigenvalue weighted by Crippen LogP contribution is -2.46. The number of ether oxygens (including phenoxy) is 1. The minimum atomic E-state index is -0.295. The van der Waals surface area contributed by atoms with Gasteiger partial charge in [-0.2, -0.15) is 0 Å². The average molecular weight is 263 g/mol. The van der Waals surface area contributed by atoms with Crippen LogP contribution >= 0.6 is 0 Å². The minimum absolute atomic E-state index is 0.0364. The van der Waals surface area contributed by atoms with Crippen LogP contribution in [0, 0.1) is 6.92 Å². The summed E-state index contributed by atoms with van der Waals surface area (Å²) in [5, 5.41) is 9.53. The highest BCUT2D eigenvalue weighted by molar-refractivity contribution is 5.68. The predicted molar refractivity (Wildman–Crippen MR) is 72.8 cm³/mol. The Morgan fingerprint density at radius 3 is 2.74 bits per heavy atom. The number of aryl methyl sites for hydroxylation is 1. The number of carbonyl (C=O) groups excluding carboxylic acids is 1. The molecule has 1 aromatic carbocycles. The highest BCUT2D eigenvalue weighted by atomic mass is 16.6. The molecule has 2 atom stereocenters. The van der Waals surface area contributed by atoms with Crippen LogP contribution in [0.15, 0.2) is 24.3 Å². The Labute approximate surface area is 114 Å². The van der Waals surface area contributed by atoms with Gasteiger partial charge in [-0.1, -0.05) is 29.8 Å². The van der Waals surface area contributed by atoms with E-state index >= 15 is 0 Å². The predicted octanol–water partition coefficient (Wildman–Crippen LogP) is 2.48. The molecule has 2 rings (SSSR count). The maximum absolute atomic E-state index is 12.0. The number of likely N-dealkylation sites (tertiary alicyclic amines) is 1. The number of piperidine rings is 1. The Balaban J connectivity index is 1.85. The van der Waals surface area contributed by atoms with Crippen molar-refractivity contribution in [1.82, 2.24) is 4.90 Å². The first kappa shape index (κ1) is 13.9. The SMILES string of the molecule is Cc1ccc(COC(=O)N2CCC(O)CC2C)cc1. The Morgan fingerprint density at radius 1 is 1.42 bits per heavy atom. The Bertz CT molecular complexity index is 430. The molecule has 0 spiro atoms. The highest BCUT2D eigenvalue weighted by Crippen LogP contribution is 2.18. The molecule has 1 aromatic rings. The van der Waals surface area contributed by atoms with Crippen molar-refractivity contribution in [1.29, 1.82) is 0 Å². The maximum Gasteiger partial charge on any atom is 0.410 e. The van der Waals surface area contributed by atoms with Crippen LogP contribution in [0.4, 0.5) is 4.79 Å². The van der Waals surface area contributed by atoms with Gasteiger partial charge < -0.3 is 14.7 Å². The molecular weight excluding hydrogens is 242 g/mol. The van der Waals surface area contributed by atoms with E-state index in [4.69, 9.17) is 4.74 Å². The van der Waals surface area contributed by atoms with Crippen molar-refractivity contribution in [3.63, 3.8) is 0 Å². The van der Waals surface area contributed by atoms with Crippen LogP contribution in [0.25, 0.3) is 0 Å². The summed E-state index contributed by atoms with van der Waals surface area (Å²) in [6.45, 7) is 4.83. The zero-order chi connectivity index (χ0) is 13.8. The lowest BCUT2D eigenvalue weighted by molar-refractivity contribution is 0.0316. The molecule has 2 unspecified atom stereocenters. The van der Waals surface area contributed by atoms with Gasteiger partial charge in [0.2, 0.25) is 0 Å². The van der Waals surface area contributed by atoms with Gasteiger partial charge in [-0.05, 0) is 32.3 Å². The summed E-state index contributed by atoms with van der Waals surface area (Å²) in [5.74, 6) is 0. The van der Waals surface area contributed by atoms with Crippen LogP contribution < -0.4 is 0 Å². The fourth-order valence-electron chi connectivity index (χ4n) is 2.33. The molecule has 1 heterocycles. The van der Waals surface area contributed by atoms with Crippen molar-refractivity contribution >= 4 is 6.09 Å². The van der Waals surface area contributed by atoms with E-state index in [1.165, 1.54) is 5.56 Å². The summed E-state index contributed by atoms with van der Waals surface area (Å²) >= 11 is 0. The van der Waals surface area contributed by atoms with Crippen molar-refractivity contribution in [3.05, 3.63) is 35.4 Å². The smallest absolute Gasteiger partial charge is 0.410 e. The van der Waals surface area contributed by atoms with Gasteiger partial charge in [0.25, 0.3) is 0 Å². The van der Waals surface area contributed by atoms with Crippen molar-refractivity contribution < 1.29 is 14.6 Å². The molecule has 1 aliphatic heterocycles. The summed E-state index contributed by atoms with van der Waals surface area (Å²) in [5.41, 5.74) is 2.18. The molecule has 19 heavy (non-hydrogen) atoms. The molecule has 1 saturated heterocycles. The zero-order valence-corrected chi connectivity index (χ0v) is 11.5. The molecule has 0 aliphatic carbocycles. The van der Waals surface area contributed by atoms with Gasteiger partial charge in [-0.15, -0.1) is 0 Å². The summed E-state index contributed by atoms with van der Waals surface area (Å²) < 4.78 is 5.32. The van der Waals surface area contributed by atoms with Gasteiger partial charge in [0.05, 0.1) is 6.10 Å². The molecule has 1 amide bonds. The second kappa shape index (κ2) is 6.06. The van der Waals surface area contributed by atoms with Crippen LogP contribution in [-0.2, 0) is 11.3 Å². The number of rotatable bonds is 2. The summed E-state index contributed by atoms with van der Waals surface area (Å²) in [7, 11) is 0. The van der Waals surface area contributed by atoms with E-state index in [1.54, 1.807) is 4.90 Å². The van der Waals surface area contributed by atoms with Gasteiger partial charge in [0.15, 0.2) is 0 Å². The van der Waals surface area contributed by atoms with Crippen molar-refractivity contribution in [2.24, 2.45) is 0 Å². The number of aliphatic hydroxyl groups excluding tert-OH is 1. The lowest BCUT2D eigenvalue weighted by atomic mass is 10.0. The molecule has 0 bridgehead atoms. The fraction of sp³-hybridized carbons (Fsp3) is 0.533. The summed E-state index contributed by atoms with van der Waals surface area (Å²) in [6, 6.07) is 7.97. The first-order valence-electron chi connectivity index (χ1n) is 6.73. The molecule has 0 saturated carbocycles. The minimum Gasteiger partial charge on any atom is -0.445 e. The molecule has 104 valence electrons. The summed E-state index contributed by atoms with van der Waals surface area (Å²) in [4.78, 5) is 13.7. The molecule has 0 radical (unpaired) electrons. The highest BCUT2D eigenvalue weighted by Gasteiger charge is 2.28. The van der Waals surface area contributed by atoms with Crippen LogP contribution in [0.2, 0.25) is 0 Å². The first-order chi connectivity index (χ1) is 9.06. The number of hydrogen-bond donors (Lipinski definition) is 1. The molecule has 1 N–H and O–H groups in total. The molecule has 4 heteroatoms. The van der Waals surface area contributed by atoms with Gasteiger partial charge in [0, 0.05) is 12.6 Å². The van der Waals surface area contributed by atoms with Gasteiger partial charge in [0.1, 0.15) is 6.61 Å². The topological polar surface area (TPSA) is 49.8 Å². The monoisotopic (exact) mass is 263 g/mol. The van der Waals surface area contributed by atoms with E-state index in [0.29, 0.717) is 26.0 Å². The quantitative estimate of drug-likeness (QED) is 0.891. The van der Waals surface area contributed by atoms with Crippen LogP contribution in [0.1, 0.15) is 30.9 Å². The maximum atomic E-state index is 12.0. The normalized spacial score (nSPS) is 23.2. The van der Waals surface area contributed by atoms with Crippen molar-refractivity contribution in [3.8, 4) is 0 Å². The number of carbonyl (C=O) groups is 1. The van der Waals surface area contributed by atoms with E-state index in [1.807, 2.05) is 38.1 Å². The lowest BCUT2D eigenvalue weighted by Gasteiger charge is -2.34. The van der Waals surface area contributed by atoms with E-state index in [9.17, 15) is 9.90 Å². The fourth-order valence-corrected chi connectivity index (χ4v) is 2.33. The van der Waals surface area contributed by atoms with Gasteiger partial charge in [-0.3, -0.25) is 0 Å². The largest absolute Gasteiger partial charge is 0.445 e. The van der Waals surface area contributed by atoms with Crippen LogP contribution in [-0.4, -0.2) is 34.8 Å². The molecular formula is C15H21NO3. The Hall–Kier alpha value is -1.55. The van der Waals surface area contributed by atoms with E-state index < -0.39 is 0 Å². The Morgan fingerprint density at radius 2 is 2.11 bits per heavy atom. The average Bonchev–Trinajstić information content (AvgIpc) is 2.37.